The van der Waals surface area contributed by atoms with Gasteiger partial charge < -0.3 is 14.2 Å². The van der Waals surface area contributed by atoms with Crippen LogP contribution in [0.4, 0.5) is 0 Å². The zero-order valence-corrected chi connectivity index (χ0v) is 20.8. The van der Waals surface area contributed by atoms with Crippen LogP contribution in [0.3, 0.4) is 0 Å². The lowest BCUT2D eigenvalue weighted by Gasteiger charge is -2.18. The van der Waals surface area contributed by atoms with Gasteiger partial charge in [0.25, 0.3) is 0 Å². The third kappa shape index (κ3) is 18.5. The van der Waals surface area contributed by atoms with Crippen molar-refractivity contribution in [2.45, 2.75) is 103 Å². The Morgan fingerprint density at radius 1 is 0.600 bits per heavy atom. The Bertz CT molecular complexity index is 231. The number of unbranched alkanes of at least 4 members (excludes halogenated alkanes) is 6. The summed E-state index contributed by atoms with van der Waals surface area (Å²) in [5, 5.41) is 0. The molecule has 0 aromatic rings. The van der Waals surface area contributed by atoms with Crippen molar-refractivity contribution in [2.75, 3.05) is 22.4 Å². The Morgan fingerprint density at radius 2 is 1.00 bits per heavy atom. The van der Waals surface area contributed by atoms with Crippen molar-refractivity contribution in [3.63, 3.8) is 0 Å². The van der Waals surface area contributed by atoms with Gasteiger partial charge in [0.2, 0.25) is 0 Å². The maximum absolute atomic E-state index is 5.83. The molecule has 3 nitrogen and oxygen atoms in total. The molecular formula is C20H40I2O3. The largest absolute Gasteiger partial charge is 0.352 e. The molecule has 0 spiro atoms. The summed E-state index contributed by atoms with van der Waals surface area (Å²) in [6.07, 6.45) is 15.6. The molecule has 0 aromatic carbocycles. The molecule has 2 atom stereocenters. The fraction of sp³-hybridized carbons (Fsp3) is 1.00. The van der Waals surface area contributed by atoms with E-state index in [1.54, 1.807) is 0 Å². The molecule has 0 aliphatic rings. The predicted octanol–water partition coefficient (Wildman–Crippen LogP) is 7.28. The third-order valence-electron chi connectivity index (χ3n) is 4.50. The Balaban J connectivity index is 3.55. The van der Waals surface area contributed by atoms with Crippen molar-refractivity contribution in [2.24, 2.45) is 0 Å². The molecule has 0 heterocycles. The van der Waals surface area contributed by atoms with Gasteiger partial charge in [-0.15, -0.1) is 0 Å². The van der Waals surface area contributed by atoms with Gasteiger partial charge in [-0.3, -0.25) is 0 Å². The molecule has 0 fully saturated rings. The first-order valence-corrected chi connectivity index (χ1v) is 13.3. The normalized spacial score (nSPS) is 13.9. The van der Waals surface area contributed by atoms with Crippen molar-refractivity contribution >= 4 is 45.2 Å². The standard InChI is InChI=1S/C20H40I2O3/c1-3-19(13-9-5-7-11-15-21)24-17-23-18-25-20(4-2)14-10-6-8-12-16-22/h19-20H,3-18H2,1-2H3. The molecule has 0 rings (SSSR count). The number of hydrogen-bond acceptors (Lipinski definition) is 3. The molecule has 2 unspecified atom stereocenters. The van der Waals surface area contributed by atoms with Crippen LogP contribution in [0.1, 0.15) is 90.9 Å². The summed E-state index contributed by atoms with van der Waals surface area (Å²) in [4.78, 5) is 0. The van der Waals surface area contributed by atoms with Crippen LogP contribution < -0.4 is 0 Å². The van der Waals surface area contributed by atoms with E-state index in [1.807, 2.05) is 0 Å². The first kappa shape index (κ1) is 26.3. The molecule has 0 radical (unpaired) electrons. The lowest BCUT2D eigenvalue weighted by atomic mass is 10.1. The molecule has 5 heteroatoms. The second kappa shape index (κ2) is 21.6. The minimum absolute atomic E-state index is 0.333. The fourth-order valence-corrected chi connectivity index (χ4v) is 3.85. The Kier molecular flexibility index (Phi) is 22.8. The van der Waals surface area contributed by atoms with E-state index < -0.39 is 0 Å². The maximum Gasteiger partial charge on any atom is 0.149 e. The van der Waals surface area contributed by atoms with Gasteiger partial charge in [-0.25, -0.2) is 0 Å². The molecule has 25 heavy (non-hydrogen) atoms. The Hall–Kier alpha value is 1.34. The highest BCUT2D eigenvalue weighted by Gasteiger charge is 2.08. The lowest BCUT2D eigenvalue weighted by Crippen LogP contribution is -2.18. The van der Waals surface area contributed by atoms with E-state index in [2.05, 4.69) is 59.0 Å². The van der Waals surface area contributed by atoms with Crippen molar-refractivity contribution in [3.05, 3.63) is 0 Å². The van der Waals surface area contributed by atoms with Crippen LogP contribution in [0, 0.1) is 0 Å². The fourth-order valence-electron chi connectivity index (χ4n) is 2.77. The molecule has 0 saturated heterocycles. The molecule has 0 amide bonds. The molecule has 0 aliphatic heterocycles. The molecule has 0 bridgehead atoms. The predicted molar refractivity (Wildman–Crippen MR) is 125 cm³/mol. The monoisotopic (exact) mass is 582 g/mol. The van der Waals surface area contributed by atoms with Crippen LogP contribution in [-0.2, 0) is 14.2 Å². The average Bonchev–Trinajstić information content (AvgIpc) is 2.64. The first-order valence-electron chi connectivity index (χ1n) is 10.2. The van der Waals surface area contributed by atoms with Crippen LogP contribution in [0.2, 0.25) is 0 Å². The van der Waals surface area contributed by atoms with Gasteiger partial charge in [0.15, 0.2) is 0 Å². The average molecular weight is 582 g/mol. The number of halogens is 2. The summed E-state index contributed by atoms with van der Waals surface area (Å²) < 4.78 is 19.8. The van der Waals surface area contributed by atoms with E-state index in [0.717, 1.165) is 25.7 Å². The van der Waals surface area contributed by atoms with Gasteiger partial charge >= 0.3 is 0 Å². The van der Waals surface area contributed by atoms with Gasteiger partial charge in [-0.2, -0.15) is 0 Å². The van der Waals surface area contributed by atoms with E-state index in [0.29, 0.717) is 25.8 Å². The van der Waals surface area contributed by atoms with Crippen molar-refractivity contribution < 1.29 is 14.2 Å². The van der Waals surface area contributed by atoms with E-state index in [4.69, 9.17) is 14.2 Å². The molecule has 0 aromatic heterocycles. The highest BCUT2D eigenvalue weighted by atomic mass is 127. The van der Waals surface area contributed by atoms with Crippen LogP contribution >= 0.6 is 45.2 Å². The summed E-state index contributed by atoms with van der Waals surface area (Å²) in [6.45, 7) is 5.10. The number of ether oxygens (including phenoxy) is 3. The van der Waals surface area contributed by atoms with Gasteiger partial charge in [-0.1, -0.05) is 97.6 Å². The summed E-state index contributed by atoms with van der Waals surface area (Å²) in [7, 11) is 0. The van der Waals surface area contributed by atoms with Gasteiger partial charge in [0, 0.05) is 0 Å². The van der Waals surface area contributed by atoms with Crippen LogP contribution in [0.15, 0.2) is 0 Å². The molecule has 0 N–H and O–H groups in total. The minimum atomic E-state index is 0.333. The van der Waals surface area contributed by atoms with Gasteiger partial charge in [0.1, 0.15) is 13.6 Å². The number of rotatable bonds is 20. The highest BCUT2D eigenvalue weighted by Crippen LogP contribution is 2.13. The molecule has 0 aliphatic carbocycles. The summed E-state index contributed by atoms with van der Waals surface area (Å²) in [6, 6.07) is 0. The number of hydrogen-bond donors (Lipinski definition) is 0. The first-order chi connectivity index (χ1) is 12.3. The minimum Gasteiger partial charge on any atom is -0.352 e. The Morgan fingerprint density at radius 3 is 1.36 bits per heavy atom. The quantitative estimate of drug-likeness (QED) is 0.0654. The van der Waals surface area contributed by atoms with Crippen molar-refractivity contribution in [3.8, 4) is 0 Å². The maximum atomic E-state index is 5.83. The van der Waals surface area contributed by atoms with E-state index >= 15 is 0 Å². The topological polar surface area (TPSA) is 27.7 Å². The molecule has 0 saturated carbocycles. The second-order valence-corrected chi connectivity index (χ2v) is 8.77. The third-order valence-corrected chi connectivity index (χ3v) is 6.03. The van der Waals surface area contributed by atoms with Gasteiger partial charge in [-0.05, 0) is 47.4 Å². The van der Waals surface area contributed by atoms with Crippen LogP contribution in [0.25, 0.3) is 0 Å². The highest BCUT2D eigenvalue weighted by molar-refractivity contribution is 14.1. The summed E-state index contributed by atoms with van der Waals surface area (Å²) >= 11 is 4.90. The SMILES string of the molecule is CCC(CCCCCCI)OCOCOC(CC)CCCCCCI. The van der Waals surface area contributed by atoms with E-state index in [-0.39, 0.29) is 0 Å². The van der Waals surface area contributed by atoms with Crippen LogP contribution in [0.5, 0.6) is 0 Å². The van der Waals surface area contributed by atoms with E-state index in [9.17, 15) is 0 Å². The van der Waals surface area contributed by atoms with Crippen molar-refractivity contribution in [1.82, 2.24) is 0 Å². The van der Waals surface area contributed by atoms with E-state index in [1.165, 1.54) is 60.2 Å². The lowest BCUT2D eigenvalue weighted by molar-refractivity contribution is -0.166. The smallest absolute Gasteiger partial charge is 0.149 e. The zero-order chi connectivity index (χ0) is 18.6. The van der Waals surface area contributed by atoms with Gasteiger partial charge in [0.05, 0.1) is 12.2 Å². The summed E-state index contributed by atoms with van der Waals surface area (Å²) in [5.74, 6) is 0. The summed E-state index contributed by atoms with van der Waals surface area (Å²) in [5.41, 5.74) is 0. The second-order valence-electron chi connectivity index (χ2n) is 6.62. The zero-order valence-electron chi connectivity index (χ0n) is 16.4. The van der Waals surface area contributed by atoms with Crippen molar-refractivity contribution in [1.29, 1.82) is 0 Å². The number of alkyl halides is 2. The van der Waals surface area contributed by atoms with Crippen LogP contribution in [-0.4, -0.2) is 34.6 Å². The molecular weight excluding hydrogens is 542 g/mol. The molecule has 152 valence electrons. The Labute approximate surface area is 184 Å².